The van der Waals surface area contributed by atoms with Gasteiger partial charge in [0, 0.05) is 11.3 Å². The molecule has 0 bridgehead atoms. The number of rotatable bonds is 4. The van der Waals surface area contributed by atoms with Crippen molar-refractivity contribution in [2.75, 3.05) is 10.6 Å². The van der Waals surface area contributed by atoms with Crippen molar-refractivity contribution in [1.82, 2.24) is 0 Å². The fourth-order valence-corrected chi connectivity index (χ4v) is 2.53. The van der Waals surface area contributed by atoms with Crippen LogP contribution in [0.3, 0.4) is 0 Å². The number of nitrogens with one attached hydrogen (secondary N) is 2. The highest BCUT2D eigenvalue weighted by molar-refractivity contribution is 6.02. The molecule has 1 unspecified atom stereocenters. The smallest absolute Gasteiger partial charge is 0.266 e. The normalized spacial score (nSPS) is 15.6. The minimum Gasteiger partial charge on any atom is -0.478 e. The molecule has 2 aromatic rings. The topological polar surface area (TPSA) is 111 Å². The zero-order valence-electron chi connectivity index (χ0n) is 13.5. The molecule has 0 radical (unpaired) electrons. The number of benzene rings is 2. The van der Waals surface area contributed by atoms with Crippen LogP contribution in [0.15, 0.2) is 42.5 Å². The van der Waals surface area contributed by atoms with Crippen LogP contribution in [0.5, 0.6) is 5.75 Å². The van der Waals surface area contributed by atoms with E-state index in [0.29, 0.717) is 17.1 Å². The van der Waals surface area contributed by atoms with E-state index in [9.17, 15) is 14.4 Å². The van der Waals surface area contributed by atoms with Gasteiger partial charge in [0.05, 0.1) is 12.1 Å². The molecule has 4 N–H and O–H groups in total. The number of amides is 3. The number of fused-ring (bicyclic) bond motifs is 1. The first-order valence-corrected chi connectivity index (χ1v) is 7.70. The lowest BCUT2D eigenvalue weighted by Gasteiger charge is -2.25. The minimum absolute atomic E-state index is 0.153. The van der Waals surface area contributed by atoms with E-state index in [-0.39, 0.29) is 17.9 Å². The van der Waals surface area contributed by atoms with E-state index < -0.39 is 17.9 Å². The average Bonchev–Trinajstić information content (AvgIpc) is 2.56. The third-order valence-electron chi connectivity index (χ3n) is 3.76. The molecule has 0 fully saturated rings. The van der Waals surface area contributed by atoms with Crippen LogP contribution in [0.4, 0.5) is 11.4 Å². The van der Waals surface area contributed by atoms with Crippen LogP contribution in [0, 0.1) is 6.92 Å². The van der Waals surface area contributed by atoms with Crippen molar-refractivity contribution < 1.29 is 19.1 Å². The summed E-state index contributed by atoms with van der Waals surface area (Å²) in [6, 6.07) is 11.7. The average molecular weight is 339 g/mol. The van der Waals surface area contributed by atoms with Crippen LogP contribution in [0.1, 0.15) is 22.3 Å². The molecule has 1 aliphatic rings. The molecule has 128 valence electrons. The van der Waals surface area contributed by atoms with Gasteiger partial charge in [-0.2, -0.15) is 0 Å². The highest BCUT2D eigenvalue weighted by Gasteiger charge is 2.29. The first-order chi connectivity index (χ1) is 11.9. The monoisotopic (exact) mass is 339 g/mol. The Bertz CT molecular complexity index is 863. The molecule has 7 heteroatoms. The van der Waals surface area contributed by atoms with Crippen molar-refractivity contribution in [2.45, 2.75) is 19.4 Å². The molecule has 2 aromatic carbocycles. The predicted molar refractivity (Wildman–Crippen MR) is 92.4 cm³/mol. The summed E-state index contributed by atoms with van der Waals surface area (Å²) in [6.45, 7) is 1.91. The maximum atomic E-state index is 12.2. The molecule has 3 rings (SSSR count). The fraction of sp³-hybridized carbons (Fsp3) is 0.167. The van der Waals surface area contributed by atoms with E-state index >= 15 is 0 Å². The maximum Gasteiger partial charge on any atom is 0.266 e. The molecular weight excluding hydrogens is 322 g/mol. The Morgan fingerprint density at radius 2 is 2.04 bits per heavy atom. The Kier molecular flexibility index (Phi) is 4.38. The second-order valence-electron chi connectivity index (χ2n) is 5.79. The zero-order valence-corrected chi connectivity index (χ0v) is 13.5. The summed E-state index contributed by atoms with van der Waals surface area (Å²) in [7, 11) is 0. The lowest BCUT2D eigenvalue weighted by molar-refractivity contribution is -0.128. The summed E-state index contributed by atoms with van der Waals surface area (Å²) in [5.41, 5.74) is 7.51. The Balaban J connectivity index is 1.67. The van der Waals surface area contributed by atoms with E-state index in [4.69, 9.17) is 10.5 Å². The van der Waals surface area contributed by atoms with Crippen molar-refractivity contribution in [3.8, 4) is 5.75 Å². The number of hydrogen-bond acceptors (Lipinski definition) is 4. The van der Waals surface area contributed by atoms with Gasteiger partial charge < -0.3 is 21.1 Å². The molecule has 25 heavy (non-hydrogen) atoms. The first-order valence-electron chi connectivity index (χ1n) is 7.70. The molecule has 0 saturated carbocycles. The Morgan fingerprint density at radius 1 is 1.24 bits per heavy atom. The first kappa shape index (κ1) is 16.5. The van der Waals surface area contributed by atoms with Gasteiger partial charge in [0.25, 0.3) is 5.91 Å². The lowest BCUT2D eigenvalue weighted by atomic mass is 10.1. The molecular formula is C18H17N3O4. The number of ether oxygens (including phenoxy) is 1. The van der Waals surface area contributed by atoms with Crippen molar-refractivity contribution >= 4 is 29.1 Å². The van der Waals surface area contributed by atoms with Gasteiger partial charge in [-0.05, 0) is 42.8 Å². The van der Waals surface area contributed by atoms with Crippen molar-refractivity contribution in [1.29, 1.82) is 0 Å². The number of carbonyl (C=O) groups is 3. The second kappa shape index (κ2) is 6.64. The minimum atomic E-state index is -0.922. The van der Waals surface area contributed by atoms with Crippen LogP contribution < -0.4 is 21.1 Å². The quantitative estimate of drug-likeness (QED) is 0.789. The molecule has 3 amide bonds. The standard InChI is InChI=1S/C18H17N3O4/c1-10-5-6-14-13(7-10)21-18(24)15(25-14)9-16(22)20-12-4-2-3-11(8-12)17(19)23/h2-8,15H,9H2,1H3,(H2,19,23)(H,20,22)(H,21,24). The van der Waals surface area contributed by atoms with Crippen LogP contribution in [-0.4, -0.2) is 23.8 Å². The van der Waals surface area contributed by atoms with Gasteiger partial charge in [-0.1, -0.05) is 12.1 Å². The SMILES string of the molecule is Cc1ccc2c(c1)NC(=O)C(CC(=O)Nc1cccc(C(N)=O)c1)O2. The number of carbonyl (C=O) groups excluding carboxylic acids is 3. The molecule has 7 nitrogen and oxygen atoms in total. The highest BCUT2D eigenvalue weighted by Crippen LogP contribution is 2.31. The van der Waals surface area contributed by atoms with Crippen molar-refractivity contribution in [2.24, 2.45) is 5.73 Å². The fourth-order valence-electron chi connectivity index (χ4n) is 2.53. The number of nitrogens with two attached hydrogens (primary N) is 1. The Hall–Kier alpha value is -3.35. The molecule has 1 atom stereocenters. The van der Waals surface area contributed by atoms with E-state index in [0.717, 1.165) is 5.56 Å². The van der Waals surface area contributed by atoms with Gasteiger partial charge in [-0.15, -0.1) is 0 Å². The van der Waals surface area contributed by atoms with Crippen molar-refractivity contribution in [3.63, 3.8) is 0 Å². The van der Waals surface area contributed by atoms with Crippen molar-refractivity contribution in [3.05, 3.63) is 53.6 Å². The van der Waals surface area contributed by atoms with Crippen LogP contribution in [-0.2, 0) is 9.59 Å². The van der Waals surface area contributed by atoms with Crippen LogP contribution in [0.25, 0.3) is 0 Å². The largest absolute Gasteiger partial charge is 0.478 e. The number of primary amides is 1. The molecule has 0 aliphatic carbocycles. The lowest BCUT2D eigenvalue weighted by Crippen LogP contribution is -2.39. The summed E-state index contributed by atoms with van der Waals surface area (Å²) in [5.74, 6) is -0.840. The third kappa shape index (κ3) is 3.77. The third-order valence-corrected chi connectivity index (χ3v) is 3.76. The number of anilines is 2. The summed E-state index contributed by atoms with van der Waals surface area (Å²) in [5, 5.41) is 5.37. The van der Waals surface area contributed by atoms with Crippen LogP contribution in [0.2, 0.25) is 0 Å². The second-order valence-corrected chi connectivity index (χ2v) is 5.79. The Labute approximate surface area is 144 Å². The molecule has 0 saturated heterocycles. The molecule has 1 heterocycles. The van der Waals surface area contributed by atoms with Gasteiger partial charge in [0.2, 0.25) is 11.8 Å². The van der Waals surface area contributed by atoms with E-state index in [2.05, 4.69) is 10.6 Å². The molecule has 0 spiro atoms. The van der Waals surface area contributed by atoms with Gasteiger partial charge in [-0.3, -0.25) is 14.4 Å². The van der Waals surface area contributed by atoms with Gasteiger partial charge >= 0.3 is 0 Å². The summed E-state index contributed by atoms with van der Waals surface area (Å²) < 4.78 is 5.62. The summed E-state index contributed by atoms with van der Waals surface area (Å²) >= 11 is 0. The summed E-state index contributed by atoms with van der Waals surface area (Å²) in [4.78, 5) is 35.5. The van der Waals surface area contributed by atoms with Crippen LogP contribution >= 0.6 is 0 Å². The van der Waals surface area contributed by atoms with Gasteiger partial charge in [0.1, 0.15) is 5.75 Å². The van der Waals surface area contributed by atoms with Gasteiger partial charge in [-0.25, -0.2) is 0 Å². The zero-order chi connectivity index (χ0) is 18.0. The van der Waals surface area contributed by atoms with Gasteiger partial charge in [0.15, 0.2) is 6.10 Å². The molecule has 1 aliphatic heterocycles. The number of aryl methyl sites for hydroxylation is 1. The van der Waals surface area contributed by atoms with E-state index in [1.165, 1.54) is 6.07 Å². The van der Waals surface area contributed by atoms with E-state index in [1.54, 1.807) is 30.3 Å². The number of hydrogen-bond donors (Lipinski definition) is 3. The maximum absolute atomic E-state index is 12.2. The molecule has 0 aromatic heterocycles. The predicted octanol–water partition coefficient (Wildman–Crippen LogP) is 1.82. The highest BCUT2D eigenvalue weighted by atomic mass is 16.5. The Morgan fingerprint density at radius 3 is 2.80 bits per heavy atom. The summed E-state index contributed by atoms with van der Waals surface area (Å²) in [6.07, 6.45) is -1.07. The van der Waals surface area contributed by atoms with E-state index in [1.807, 2.05) is 13.0 Å².